The molecule has 17 heavy (non-hydrogen) atoms. The molecule has 0 saturated heterocycles. The Labute approximate surface area is 101 Å². The van der Waals surface area contributed by atoms with Gasteiger partial charge in [0.2, 0.25) is 0 Å². The van der Waals surface area contributed by atoms with E-state index in [0.29, 0.717) is 31.1 Å². The van der Waals surface area contributed by atoms with Crippen LogP contribution in [0.15, 0.2) is 10.5 Å². The molecule has 1 amide bonds. The molecule has 0 aliphatic carbocycles. The number of rotatable bonds is 7. The highest BCUT2D eigenvalue weighted by Crippen LogP contribution is 2.13. The average Bonchev–Trinajstić information content (AvgIpc) is 2.62. The van der Waals surface area contributed by atoms with E-state index in [9.17, 15) is 4.79 Å². The molecule has 0 aliphatic heterocycles. The summed E-state index contributed by atoms with van der Waals surface area (Å²) in [6.07, 6.45) is 0.724. The van der Waals surface area contributed by atoms with Gasteiger partial charge in [-0.2, -0.15) is 0 Å². The number of amides is 1. The zero-order chi connectivity index (χ0) is 12.7. The zero-order valence-electron chi connectivity index (χ0n) is 10.3. The van der Waals surface area contributed by atoms with Crippen molar-refractivity contribution in [2.24, 2.45) is 0 Å². The van der Waals surface area contributed by atoms with Crippen LogP contribution in [0.3, 0.4) is 0 Å². The first-order valence-electron chi connectivity index (χ1n) is 5.69. The molecule has 0 atom stereocenters. The number of aliphatic hydroxyl groups is 1. The molecule has 0 spiro atoms. The third-order valence-corrected chi connectivity index (χ3v) is 2.27. The molecule has 5 heteroatoms. The van der Waals surface area contributed by atoms with E-state index in [1.165, 1.54) is 0 Å². The number of nitrogens with one attached hydrogen (secondary N) is 1. The number of carbonyl (C=O) groups is 1. The van der Waals surface area contributed by atoms with Crippen LogP contribution in [-0.2, 0) is 4.74 Å². The highest BCUT2D eigenvalue weighted by molar-refractivity contribution is 5.95. The molecule has 2 N–H and O–H groups in total. The fourth-order valence-corrected chi connectivity index (χ4v) is 1.49. The predicted molar refractivity (Wildman–Crippen MR) is 63.0 cm³/mol. The Morgan fingerprint density at radius 2 is 2.24 bits per heavy atom. The minimum absolute atomic E-state index is 0.0276. The first-order chi connectivity index (χ1) is 8.15. The molecule has 1 heterocycles. The Hall–Kier alpha value is -1.33. The monoisotopic (exact) mass is 241 g/mol. The van der Waals surface area contributed by atoms with Crippen molar-refractivity contribution in [3.8, 4) is 0 Å². The lowest BCUT2D eigenvalue weighted by Crippen LogP contribution is -2.25. The van der Waals surface area contributed by atoms with Gasteiger partial charge in [-0.3, -0.25) is 4.79 Å². The lowest BCUT2D eigenvalue weighted by molar-refractivity contribution is 0.0867. The summed E-state index contributed by atoms with van der Waals surface area (Å²) in [6, 6.07) is 1.73. The van der Waals surface area contributed by atoms with E-state index in [0.717, 1.165) is 12.2 Å². The maximum atomic E-state index is 11.7. The molecule has 0 saturated carbocycles. The van der Waals surface area contributed by atoms with Crippen LogP contribution < -0.4 is 5.32 Å². The summed E-state index contributed by atoms with van der Waals surface area (Å²) in [4.78, 5) is 11.7. The Kier molecular flexibility index (Phi) is 5.72. The average molecular weight is 241 g/mol. The molecule has 96 valence electrons. The summed E-state index contributed by atoms with van der Waals surface area (Å²) < 4.78 is 10.4. The van der Waals surface area contributed by atoms with E-state index in [-0.39, 0.29) is 12.5 Å². The van der Waals surface area contributed by atoms with Crippen LogP contribution in [0.1, 0.15) is 28.3 Å². The first kappa shape index (κ1) is 13.7. The zero-order valence-corrected chi connectivity index (χ0v) is 10.3. The summed E-state index contributed by atoms with van der Waals surface area (Å²) in [5.74, 6) is 1.25. The normalized spacial score (nSPS) is 10.5. The third kappa shape index (κ3) is 4.58. The number of aryl methyl sites for hydroxylation is 2. The van der Waals surface area contributed by atoms with E-state index in [2.05, 4.69) is 5.32 Å². The van der Waals surface area contributed by atoms with Crippen molar-refractivity contribution in [1.82, 2.24) is 5.32 Å². The van der Waals surface area contributed by atoms with Crippen molar-refractivity contribution in [3.05, 3.63) is 23.2 Å². The molecular formula is C12H19NO4. The van der Waals surface area contributed by atoms with E-state index < -0.39 is 0 Å². The molecule has 0 fully saturated rings. The van der Waals surface area contributed by atoms with Gasteiger partial charge in [-0.05, 0) is 26.3 Å². The Morgan fingerprint density at radius 3 is 2.82 bits per heavy atom. The number of hydrogen-bond donors (Lipinski definition) is 2. The molecule has 0 unspecified atom stereocenters. The number of ether oxygens (including phenoxy) is 1. The Balaban J connectivity index is 2.23. The number of furan rings is 1. The fraction of sp³-hybridized carbons (Fsp3) is 0.583. The second kappa shape index (κ2) is 7.09. The van der Waals surface area contributed by atoms with Crippen LogP contribution in [0.4, 0.5) is 0 Å². The predicted octanol–water partition coefficient (Wildman–Crippen LogP) is 1.03. The van der Waals surface area contributed by atoms with Crippen molar-refractivity contribution < 1.29 is 19.1 Å². The first-order valence-corrected chi connectivity index (χ1v) is 5.69. The number of aliphatic hydroxyl groups excluding tert-OH is 1. The number of carbonyl (C=O) groups excluding carboxylic acids is 1. The van der Waals surface area contributed by atoms with Crippen LogP contribution >= 0.6 is 0 Å². The molecule has 0 radical (unpaired) electrons. The van der Waals surface area contributed by atoms with Crippen LogP contribution in [0.25, 0.3) is 0 Å². The van der Waals surface area contributed by atoms with Gasteiger partial charge >= 0.3 is 0 Å². The molecule has 1 aromatic rings. The molecular weight excluding hydrogens is 222 g/mol. The van der Waals surface area contributed by atoms with Crippen molar-refractivity contribution in [2.75, 3.05) is 26.4 Å². The van der Waals surface area contributed by atoms with E-state index in [4.69, 9.17) is 14.3 Å². The maximum Gasteiger partial charge on any atom is 0.254 e. The van der Waals surface area contributed by atoms with Crippen molar-refractivity contribution in [2.45, 2.75) is 20.3 Å². The minimum Gasteiger partial charge on any atom is -0.466 e. The molecule has 0 bridgehead atoms. The second-order valence-corrected chi connectivity index (χ2v) is 3.77. The maximum absolute atomic E-state index is 11.7. The molecule has 1 aromatic heterocycles. The highest BCUT2D eigenvalue weighted by Gasteiger charge is 2.12. The smallest absolute Gasteiger partial charge is 0.254 e. The van der Waals surface area contributed by atoms with Crippen molar-refractivity contribution >= 4 is 5.91 Å². The molecule has 5 nitrogen and oxygen atoms in total. The summed E-state index contributed by atoms with van der Waals surface area (Å²) in [7, 11) is 0. The van der Waals surface area contributed by atoms with Gasteiger partial charge in [0.15, 0.2) is 0 Å². The lowest BCUT2D eigenvalue weighted by Gasteiger charge is -2.04. The number of hydrogen-bond acceptors (Lipinski definition) is 4. The quantitative estimate of drug-likeness (QED) is 0.699. The van der Waals surface area contributed by atoms with Crippen molar-refractivity contribution in [1.29, 1.82) is 0 Å². The van der Waals surface area contributed by atoms with Gasteiger partial charge in [-0.15, -0.1) is 0 Å². The SMILES string of the molecule is Cc1cc(C(=O)NCCCOCCO)c(C)o1. The third-order valence-electron chi connectivity index (χ3n) is 2.27. The van der Waals surface area contributed by atoms with Gasteiger partial charge in [0.1, 0.15) is 11.5 Å². The molecule has 0 aromatic carbocycles. The second-order valence-electron chi connectivity index (χ2n) is 3.77. The van der Waals surface area contributed by atoms with Gasteiger partial charge in [0.05, 0.1) is 18.8 Å². The topological polar surface area (TPSA) is 71.7 Å². The Bertz CT molecular complexity index is 359. The van der Waals surface area contributed by atoms with E-state index in [1.807, 2.05) is 6.92 Å². The van der Waals surface area contributed by atoms with E-state index in [1.54, 1.807) is 13.0 Å². The molecule has 1 rings (SSSR count). The largest absolute Gasteiger partial charge is 0.466 e. The fourth-order valence-electron chi connectivity index (χ4n) is 1.49. The van der Waals surface area contributed by atoms with Crippen LogP contribution in [0.5, 0.6) is 0 Å². The highest BCUT2D eigenvalue weighted by atomic mass is 16.5. The van der Waals surface area contributed by atoms with Crippen LogP contribution in [0.2, 0.25) is 0 Å². The Morgan fingerprint density at radius 1 is 1.47 bits per heavy atom. The van der Waals surface area contributed by atoms with Gasteiger partial charge in [-0.1, -0.05) is 0 Å². The van der Waals surface area contributed by atoms with Crippen LogP contribution in [0, 0.1) is 13.8 Å². The standard InChI is InChI=1S/C12H19NO4/c1-9-8-11(10(2)17-9)12(15)13-4-3-6-16-7-5-14/h8,14H,3-7H2,1-2H3,(H,13,15). The minimum atomic E-state index is -0.124. The summed E-state index contributed by atoms with van der Waals surface area (Å²) >= 11 is 0. The van der Waals surface area contributed by atoms with Gasteiger partial charge < -0.3 is 19.6 Å². The summed E-state index contributed by atoms with van der Waals surface area (Å²) in [5, 5.41) is 11.3. The van der Waals surface area contributed by atoms with Crippen molar-refractivity contribution in [3.63, 3.8) is 0 Å². The van der Waals surface area contributed by atoms with E-state index >= 15 is 0 Å². The summed E-state index contributed by atoms with van der Waals surface area (Å²) in [5.41, 5.74) is 0.582. The van der Waals surface area contributed by atoms with Gasteiger partial charge in [-0.25, -0.2) is 0 Å². The summed E-state index contributed by atoms with van der Waals surface area (Å²) in [6.45, 7) is 5.03. The lowest BCUT2D eigenvalue weighted by atomic mass is 10.2. The van der Waals surface area contributed by atoms with Crippen LogP contribution in [-0.4, -0.2) is 37.4 Å². The molecule has 0 aliphatic rings. The van der Waals surface area contributed by atoms with Gasteiger partial charge in [0.25, 0.3) is 5.91 Å². The van der Waals surface area contributed by atoms with Gasteiger partial charge in [0, 0.05) is 13.2 Å².